The highest BCUT2D eigenvalue weighted by molar-refractivity contribution is 7.22. The normalized spacial score (nSPS) is 11.3. The summed E-state index contributed by atoms with van der Waals surface area (Å²) >= 11 is 1.64. The van der Waals surface area contributed by atoms with Crippen molar-refractivity contribution in [3.8, 4) is 0 Å². The highest BCUT2D eigenvalue weighted by atomic mass is 32.1. The van der Waals surface area contributed by atoms with Crippen LogP contribution < -0.4 is 4.90 Å². The molecule has 0 spiro atoms. The Balaban J connectivity index is 1.59. The maximum Gasteiger partial charge on any atom is 0.270 e. The lowest BCUT2D eigenvalue weighted by atomic mass is 10.1. The van der Waals surface area contributed by atoms with E-state index in [-0.39, 0.29) is 10.6 Å². The Morgan fingerprint density at radius 3 is 2.57 bits per heavy atom. The number of nitro groups is 1. The number of anilines is 2. The summed E-state index contributed by atoms with van der Waals surface area (Å²) in [4.78, 5) is 22.1. The summed E-state index contributed by atoms with van der Waals surface area (Å²) in [6.07, 6.45) is 0. The SMILES string of the molecule is CN(c1ccc2cc3cc([N+](=O)[O-])ccc3nc2c1)c1nc2ccccc2s1. The average molecular weight is 386 g/mol. The number of nitro benzene ring substituents is 1. The molecule has 0 aliphatic carbocycles. The third kappa shape index (κ3) is 2.73. The Bertz CT molecular complexity index is 1350. The maximum absolute atomic E-state index is 11.0. The molecule has 2 heterocycles. The van der Waals surface area contributed by atoms with Gasteiger partial charge in [0.1, 0.15) is 0 Å². The number of non-ortho nitro benzene ring substituents is 1. The van der Waals surface area contributed by atoms with E-state index in [1.165, 1.54) is 6.07 Å². The molecule has 0 fully saturated rings. The van der Waals surface area contributed by atoms with Crippen LogP contribution in [0.2, 0.25) is 0 Å². The number of hydrogen-bond donors (Lipinski definition) is 0. The van der Waals surface area contributed by atoms with Gasteiger partial charge in [0.2, 0.25) is 0 Å². The maximum atomic E-state index is 11.0. The molecule has 5 rings (SSSR count). The van der Waals surface area contributed by atoms with Gasteiger partial charge in [0.05, 0.1) is 26.2 Å². The lowest BCUT2D eigenvalue weighted by Gasteiger charge is -2.16. The van der Waals surface area contributed by atoms with Crippen LogP contribution in [0.25, 0.3) is 32.0 Å². The summed E-state index contributed by atoms with van der Waals surface area (Å²) in [6, 6.07) is 20.8. The number of fused-ring (bicyclic) bond motifs is 3. The summed E-state index contributed by atoms with van der Waals surface area (Å²) in [5.41, 5.74) is 3.62. The summed E-state index contributed by atoms with van der Waals surface area (Å²) in [6.45, 7) is 0. The number of rotatable bonds is 3. The molecule has 0 unspecified atom stereocenters. The van der Waals surface area contributed by atoms with Crippen LogP contribution in [-0.2, 0) is 0 Å². The van der Waals surface area contributed by atoms with Crippen molar-refractivity contribution in [2.75, 3.05) is 11.9 Å². The zero-order valence-corrected chi connectivity index (χ0v) is 15.7. The van der Waals surface area contributed by atoms with Crippen LogP contribution in [0.1, 0.15) is 0 Å². The molecule has 0 aliphatic heterocycles. The van der Waals surface area contributed by atoms with Crippen LogP contribution in [0.3, 0.4) is 0 Å². The fourth-order valence-corrected chi connectivity index (χ4v) is 4.19. The summed E-state index contributed by atoms with van der Waals surface area (Å²) in [7, 11) is 1.99. The molecule has 0 atom stereocenters. The van der Waals surface area contributed by atoms with Crippen LogP contribution in [0.15, 0.2) is 66.7 Å². The standard InChI is InChI=1S/C21H14N4O2S/c1-24(21-23-18-4-2-3-5-20(18)28-21)15-7-6-13-10-14-11-16(25(26)27)8-9-17(14)22-19(13)12-15/h2-12H,1H3. The van der Waals surface area contributed by atoms with Gasteiger partial charge in [0.25, 0.3) is 5.69 Å². The molecule has 0 aliphatic rings. The first-order chi connectivity index (χ1) is 13.6. The summed E-state index contributed by atoms with van der Waals surface area (Å²) < 4.78 is 1.15. The average Bonchev–Trinajstić information content (AvgIpc) is 3.15. The van der Waals surface area contributed by atoms with Gasteiger partial charge < -0.3 is 4.90 Å². The number of para-hydroxylation sites is 1. The van der Waals surface area contributed by atoms with Gasteiger partial charge in [0, 0.05) is 35.6 Å². The minimum atomic E-state index is -0.389. The first-order valence-corrected chi connectivity index (χ1v) is 9.48. The highest BCUT2D eigenvalue weighted by Gasteiger charge is 2.12. The molecular weight excluding hydrogens is 372 g/mol. The Hall–Kier alpha value is -3.58. The zero-order chi connectivity index (χ0) is 19.3. The monoisotopic (exact) mass is 386 g/mol. The topological polar surface area (TPSA) is 72.2 Å². The van der Waals surface area contributed by atoms with Crippen molar-refractivity contribution in [3.05, 3.63) is 76.8 Å². The van der Waals surface area contributed by atoms with Crippen molar-refractivity contribution in [1.29, 1.82) is 0 Å². The van der Waals surface area contributed by atoms with Gasteiger partial charge in [-0.1, -0.05) is 29.5 Å². The smallest absolute Gasteiger partial charge is 0.270 e. The van der Waals surface area contributed by atoms with Crippen molar-refractivity contribution in [3.63, 3.8) is 0 Å². The molecule has 28 heavy (non-hydrogen) atoms. The molecule has 0 N–H and O–H groups in total. The molecule has 0 saturated heterocycles. The van der Waals surface area contributed by atoms with Gasteiger partial charge in [-0.2, -0.15) is 0 Å². The molecule has 136 valence electrons. The molecule has 0 saturated carbocycles. The minimum Gasteiger partial charge on any atom is -0.321 e. The quantitative estimate of drug-likeness (QED) is 0.227. The van der Waals surface area contributed by atoms with Gasteiger partial charge in [-0.05, 0) is 36.4 Å². The highest BCUT2D eigenvalue weighted by Crippen LogP contribution is 2.33. The lowest BCUT2D eigenvalue weighted by molar-refractivity contribution is -0.384. The van der Waals surface area contributed by atoms with E-state index in [2.05, 4.69) is 6.07 Å². The van der Waals surface area contributed by atoms with Crippen LogP contribution in [0, 0.1) is 10.1 Å². The lowest BCUT2D eigenvalue weighted by Crippen LogP contribution is -2.08. The van der Waals surface area contributed by atoms with E-state index in [9.17, 15) is 10.1 Å². The summed E-state index contributed by atoms with van der Waals surface area (Å²) in [5.74, 6) is 0. The van der Waals surface area contributed by atoms with Crippen molar-refractivity contribution in [2.24, 2.45) is 0 Å². The third-order valence-corrected chi connectivity index (χ3v) is 5.86. The second kappa shape index (κ2) is 6.24. The number of benzene rings is 3. The minimum absolute atomic E-state index is 0.0702. The molecule has 3 aromatic carbocycles. The molecule has 6 nitrogen and oxygen atoms in total. The largest absolute Gasteiger partial charge is 0.321 e. The van der Waals surface area contributed by atoms with Crippen molar-refractivity contribution in [2.45, 2.75) is 0 Å². The van der Waals surface area contributed by atoms with E-state index in [0.717, 1.165) is 42.8 Å². The molecule has 7 heteroatoms. The molecule has 0 radical (unpaired) electrons. The van der Waals surface area contributed by atoms with E-state index < -0.39 is 0 Å². The van der Waals surface area contributed by atoms with Crippen molar-refractivity contribution < 1.29 is 4.92 Å². The van der Waals surface area contributed by atoms with E-state index in [1.807, 2.05) is 54.4 Å². The van der Waals surface area contributed by atoms with Gasteiger partial charge in [-0.25, -0.2) is 9.97 Å². The summed E-state index contributed by atoms with van der Waals surface area (Å²) in [5, 5.41) is 13.6. The number of nitrogens with zero attached hydrogens (tertiary/aromatic N) is 4. The molecule has 5 aromatic rings. The van der Waals surface area contributed by atoms with Gasteiger partial charge in [-0.15, -0.1) is 0 Å². The number of hydrogen-bond acceptors (Lipinski definition) is 6. The fourth-order valence-electron chi connectivity index (χ4n) is 3.24. The molecule has 2 aromatic heterocycles. The second-order valence-corrected chi connectivity index (χ2v) is 7.53. The van der Waals surface area contributed by atoms with E-state index in [4.69, 9.17) is 9.97 Å². The van der Waals surface area contributed by atoms with Crippen LogP contribution in [-0.4, -0.2) is 21.9 Å². The van der Waals surface area contributed by atoms with Crippen LogP contribution in [0.4, 0.5) is 16.5 Å². The second-order valence-electron chi connectivity index (χ2n) is 6.52. The zero-order valence-electron chi connectivity index (χ0n) is 14.9. The van der Waals surface area contributed by atoms with E-state index in [0.29, 0.717) is 0 Å². The Labute approximate surface area is 163 Å². The molecule has 0 bridgehead atoms. The van der Waals surface area contributed by atoms with Crippen LogP contribution >= 0.6 is 11.3 Å². The van der Waals surface area contributed by atoms with Gasteiger partial charge >= 0.3 is 0 Å². The predicted octanol–water partition coefficient (Wildman–Crippen LogP) is 5.67. The molecular formula is C21H14N4O2S. The first-order valence-electron chi connectivity index (χ1n) is 8.67. The van der Waals surface area contributed by atoms with Gasteiger partial charge in [0.15, 0.2) is 5.13 Å². The Kier molecular flexibility index (Phi) is 3.70. The first kappa shape index (κ1) is 16.6. The van der Waals surface area contributed by atoms with Gasteiger partial charge in [-0.3, -0.25) is 10.1 Å². The third-order valence-electron chi connectivity index (χ3n) is 4.74. The molecule has 0 amide bonds. The van der Waals surface area contributed by atoms with E-state index >= 15 is 0 Å². The van der Waals surface area contributed by atoms with Crippen molar-refractivity contribution in [1.82, 2.24) is 9.97 Å². The number of thiazole rings is 1. The van der Waals surface area contributed by atoms with E-state index in [1.54, 1.807) is 23.5 Å². The number of pyridine rings is 1. The Morgan fingerprint density at radius 1 is 0.893 bits per heavy atom. The predicted molar refractivity (Wildman–Crippen MR) is 114 cm³/mol. The van der Waals surface area contributed by atoms with Crippen LogP contribution in [0.5, 0.6) is 0 Å². The number of aromatic nitrogens is 2. The van der Waals surface area contributed by atoms with Crippen molar-refractivity contribution >= 4 is 59.9 Å². The Morgan fingerprint density at radius 2 is 1.75 bits per heavy atom. The fraction of sp³-hybridized carbons (Fsp3) is 0.0476.